The van der Waals surface area contributed by atoms with Crippen LogP contribution in [0.5, 0.6) is 0 Å². The third kappa shape index (κ3) is 1.84. The molecule has 64 valence electrons. The number of hydrogen-bond acceptors (Lipinski definition) is 3. The minimum Gasteiger partial charge on any atom is -0.302 e. The average molecular weight is 247 g/mol. The molecular formula is C7H7BrN2OS. The lowest BCUT2D eigenvalue weighted by molar-refractivity contribution is -0.117. The van der Waals surface area contributed by atoms with Crippen LogP contribution in [0.2, 0.25) is 0 Å². The van der Waals surface area contributed by atoms with Crippen molar-refractivity contribution in [3.05, 3.63) is 9.98 Å². The van der Waals surface area contributed by atoms with Gasteiger partial charge in [-0.15, -0.1) is 0 Å². The van der Waals surface area contributed by atoms with Gasteiger partial charge in [-0.3, -0.25) is 4.79 Å². The van der Waals surface area contributed by atoms with Gasteiger partial charge in [-0.2, -0.15) is 0 Å². The van der Waals surface area contributed by atoms with Gasteiger partial charge in [0.25, 0.3) is 0 Å². The van der Waals surface area contributed by atoms with E-state index in [0.29, 0.717) is 5.13 Å². The van der Waals surface area contributed by atoms with Crippen LogP contribution in [0.3, 0.4) is 0 Å². The average Bonchev–Trinajstić information content (AvgIpc) is 2.78. The van der Waals surface area contributed by atoms with Crippen molar-refractivity contribution in [3.63, 3.8) is 0 Å². The minimum absolute atomic E-state index is 0.108. The van der Waals surface area contributed by atoms with Gasteiger partial charge in [0.15, 0.2) is 5.13 Å². The molecule has 12 heavy (non-hydrogen) atoms. The van der Waals surface area contributed by atoms with Crippen molar-refractivity contribution in [2.75, 3.05) is 5.32 Å². The summed E-state index contributed by atoms with van der Waals surface area (Å²) < 4.78 is 0.939. The smallest absolute Gasteiger partial charge is 0.229 e. The van der Waals surface area contributed by atoms with Gasteiger partial charge in [0.1, 0.15) is 0 Å². The van der Waals surface area contributed by atoms with E-state index in [1.54, 1.807) is 6.20 Å². The summed E-state index contributed by atoms with van der Waals surface area (Å²) in [7, 11) is 0. The maximum atomic E-state index is 11.2. The first-order chi connectivity index (χ1) is 5.75. The number of hydrogen-bond donors (Lipinski definition) is 1. The zero-order valence-electron chi connectivity index (χ0n) is 6.21. The summed E-state index contributed by atoms with van der Waals surface area (Å²) in [6, 6.07) is 0. The number of amides is 1. The summed E-state index contributed by atoms with van der Waals surface area (Å²) in [5.74, 6) is 0.351. The first kappa shape index (κ1) is 8.19. The summed E-state index contributed by atoms with van der Waals surface area (Å²) in [5, 5.41) is 3.44. The lowest BCUT2D eigenvalue weighted by Gasteiger charge is -1.96. The third-order valence-corrected chi connectivity index (χ3v) is 3.05. The Morgan fingerprint density at radius 1 is 1.75 bits per heavy atom. The molecule has 1 fully saturated rings. The molecule has 1 aliphatic carbocycles. The fraction of sp³-hybridized carbons (Fsp3) is 0.429. The highest BCUT2D eigenvalue weighted by Gasteiger charge is 2.29. The molecule has 3 nitrogen and oxygen atoms in total. The van der Waals surface area contributed by atoms with E-state index < -0.39 is 0 Å². The van der Waals surface area contributed by atoms with E-state index in [2.05, 4.69) is 26.2 Å². The molecule has 1 N–H and O–H groups in total. The molecule has 0 radical (unpaired) electrons. The molecule has 0 saturated heterocycles. The summed E-state index contributed by atoms with van der Waals surface area (Å²) in [6.07, 6.45) is 3.74. The van der Waals surface area contributed by atoms with Gasteiger partial charge in [-0.05, 0) is 28.8 Å². The second kappa shape index (κ2) is 3.14. The van der Waals surface area contributed by atoms with Crippen molar-refractivity contribution < 1.29 is 4.79 Å². The highest BCUT2D eigenvalue weighted by Crippen LogP contribution is 2.31. The predicted octanol–water partition coefficient (Wildman–Crippen LogP) is 2.25. The van der Waals surface area contributed by atoms with Crippen LogP contribution in [0, 0.1) is 5.92 Å². The van der Waals surface area contributed by atoms with Crippen molar-refractivity contribution in [2.24, 2.45) is 5.92 Å². The molecule has 0 unspecified atom stereocenters. The van der Waals surface area contributed by atoms with Crippen LogP contribution in [0.4, 0.5) is 5.13 Å². The summed E-state index contributed by atoms with van der Waals surface area (Å²) in [6.45, 7) is 0. The fourth-order valence-electron chi connectivity index (χ4n) is 0.865. The van der Waals surface area contributed by atoms with Crippen LogP contribution in [0.15, 0.2) is 9.98 Å². The molecular weight excluding hydrogens is 240 g/mol. The van der Waals surface area contributed by atoms with E-state index in [-0.39, 0.29) is 11.8 Å². The Bertz CT molecular complexity index is 308. The van der Waals surface area contributed by atoms with Crippen LogP contribution >= 0.6 is 27.3 Å². The molecule has 1 saturated carbocycles. The molecule has 1 heterocycles. The number of anilines is 1. The Morgan fingerprint density at radius 3 is 3.00 bits per heavy atom. The lowest BCUT2D eigenvalue weighted by atomic mass is 10.4. The van der Waals surface area contributed by atoms with Gasteiger partial charge in [0, 0.05) is 5.92 Å². The van der Waals surface area contributed by atoms with Crippen LogP contribution in [-0.4, -0.2) is 10.9 Å². The highest BCUT2D eigenvalue weighted by molar-refractivity contribution is 9.11. The number of thiazole rings is 1. The Kier molecular flexibility index (Phi) is 2.14. The first-order valence-electron chi connectivity index (χ1n) is 3.68. The molecule has 1 aromatic heterocycles. The zero-order chi connectivity index (χ0) is 8.55. The SMILES string of the molecule is O=C(Nc1ncc(Br)s1)C1CC1. The van der Waals surface area contributed by atoms with Crippen LogP contribution in [-0.2, 0) is 4.79 Å². The zero-order valence-corrected chi connectivity index (χ0v) is 8.61. The summed E-state index contributed by atoms with van der Waals surface area (Å²) in [4.78, 5) is 15.2. The molecule has 0 atom stereocenters. The van der Waals surface area contributed by atoms with Crippen molar-refractivity contribution in [3.8, 4) is 0 Å². The van der Waals surface area contributed by atoms with Crippen LogP contribution in [0.1, 0.15) is 12.8 Å². The van der Waals surface area contributed by atoms with E-state index in [1.807, 2.05) is 0 Å². The number of halogens is 1. The fourth-order valence-corrected chi connectivity index (χ4v) is 1.97. The molecule has 2 rings (SSSR count). The Balaban J connectivity index is 1.98. The van der Waals surface area contributed by atoms with Gasteiger partial charge in [0.2, 0.25) is 5.91 Å². The topological polar surface area (TPSA) is 42.0 Å². The van der Waals surface area contributed by atoms with E-state index in [9.17, 15) is 4.79 Å². The monoisotopic (exact) mass is 246 g/mol. The summed E-state index contributed by atoms with van der Waals surface area (Å²) in [5.41, 5.74) is 0. The van der Waals surface area contributed by atoms with Crippen molar-refractivity contribution >= 4 is 38.3 Å². The maximum absolute atomic E-state index is 11.2. The van der Waals surface area contributed by atoms with Gasteiger partial charge in [-0.1, -0.05) is 11.3 Å². The van der Waals surface area contributed by atoms with Gasteiger partial charge >= 0.3 is 0 Å². The van der Waals surface area contributed by atoms with Crippen molar-refractivity contribution in [2.45, 2.75) is 12.8 Å². The largest absolute Gasteiger partial charge is 0.302 e. The number of carbonyl (C=O) groups is 1. The maximum Gasteiger partial charge on any atom is 0.229 e. The Morgan fingerprint density at radius 2 is 2.50 bits per heavy atom. The van der Waals surface area contributed by atoms with E-state index >= 15 is 0 Å². The normalized spacial score (nSPS) is 16.1. The molecule has 1 aliphatic rings. The number of nitrogens with zero attached hydrogens (tertiary/aromatic N) is 1. The second-order valence-electron chi connectivity index (χ2n) is 2.73. The van der Waals surface area contributed by atoms with E-state index in [0.717, 1.165) is 16.6 Å². The molecule has 1 aromatic rings. The van der Waals surface area contributed by atoms with Crippen molar-refractivity contribution in [1.29, 1.82) is 0 Å². The molecule has 0 aliphatic heterocycles. The molecule has 1 amide bonds. The first-order valence-corrected chi connectivity index (χ1v) is 5.29. The second-order valence-corrected chi connectivity index (χ2v) is 5.14. The Labute approximate surface area is 82.3 Å². The number of aromatic nitrogens is 1. The Hall–Kier alpha value is -0.420. The number of rotatable bonds is 2. The van der Waals surface area contributed by atoms with Gasteiger partial charge < -0.3 is 5.32 Å². The van der Waals surface area contributed by atoms with E-state index in [1.165, 1.54) is 11.3 Å². The third-order valence-electron chi connectivity index (χ3n) is 1.66. The van der Waals surface area contributed by atoms with Crippen LogP contribution < -0.4 is 5.32 Å². The van der Waals surface area contributed by atoms with Crippen molar-refractivity contribution in [1.82, 2.24) is 4.98 Å². The number of carbonyl (C=O) groups excluding carboxylic acids is 1. The van der Waals surface area contributed by atoms with Gasteiger partial charge in [0.05, 0.1) is 9.98 Å². The highest BCUT2D eigenvalue weighted by atomic mass is 79.9. The number of nitrogens with one attached hydrogen (secondary N) is 1. The van der Waals surface area contributed by atoms with E-state index in [4.69, 9.17) is 0 Å². The molecule has 5 heteroatoms. The molecule has 0 bridgehead atoms. The predicted molar refractivity (Wildman–Crippen MR) is 51.2 cm³/mol. The molecule has 0 spiro atoms. The quantitative estimate of drug-likeness (QED) is 0.870. The standard InChI is InChI=1S/C7H7BrN2OS/c8-5-3-9-7(12-5)10-6(11)4-1-2-4/h3-4H,1-2H2,(H,9,10,11). The van der Waals surface area contributed by atoms with Gasteiger partial charge in [-0.25, -0.2) is 4.98 Å². The summed E-state index contributed by atoms with van der Waals surface area (Å²) >= 11 is 4.71. The van der Waals surface area contributed by atoms with Crippen LogP contribution in [0.25, 0.3) is 0 Å². The minimum atomic E-state index is 0.108. The molecule has 0 aromatic carbocycles. The lowest BCUT2D eigenvalue weighted by Crippen LogP contribution is -2.12.